The van der Waals surface area contributed by atoms with E-state index in [9.17, 15) is 4.79 Å². The van der Waals surface area contributed by atoms with Gasteiger partial charge in [-0.3, -0.25) is 4.79 Å². The van der Waals surface area contributed by atoms with Crippen molar-refractivity contribution in [3.63, 3.8) is 0 Å². The van der Waals surface area contributed by atoms with E-state index in [0.717, 1.165) is 45.0 Å². The number of aromatic nitrogens is 1. The lowest BCUT2D eigenvalue weighted by molar-refractivity contribution is 0.0952. The van der Waals surface area contributed by atoms with Gasteiger partial charge in [-0.15, -0.1) is 0 Å². The maximum atomic E-state index is 12.3. The number of nitrogens with one attached hydrogen (secondary N) is 1. The molecule has 2 aromatic rings. The van der Waals surface area contributed by atoms with Crippen LogP contribution in [0.3, 0.4) is 0 Å². The van der Waals surface area contributed by atoms with Gasteiger partial charge in [0.15, 0.2) is 0 Å². The third kappa shape index (κ3) is 5.48. The Morgan fingerprint density at radius 2 is 1.79 bits per heavy atom. The molecular weight excluding hydrogens is 362 g/mol. The number of rotatable bonds is 7. The van der Waals surface area contributed by atoms with Crippen molar-refractivity contribution in [1.29, 1.82) is 0 Å². The average molecular weight is 396 g/mol. The zero-order valence-corrected chi connectivity index (χ0v) is 18.1. The summed E-state index contributed by atoms with van der Waals surface area (Å²) in [7, 11) is 4.07. The van der Waals surface area contributed by atoms with Gasteiger partial charge in [0.2, 0.25) is 0 Å². The summed E-state index contributed by atoms with van der Waals surface area (Å²) in [5.41, 5.74) is 4.65. The molecule has 6 nitrogen and oxygen atoms in total. The molecule has 1 N–H and O–H groups in total. The molecule has 0 spiro atoms. The normalized spacial score (nSPS) is 14.4. The van der Waals surface area contributed by atoms with Crippen molar-refractivity contribution in [3.8, 4) is 0 Å². The Kier molecular flexibility index (Phi) is 7.09. The standard InChI is InChI=1S/C23H33N5O/c1-18-7-5-8-21(19(18)2)27-13-15-28(16-14-27)22-10-9-20(17-25-22)23(29)24-11-6-12-26(3)4/h5,7-10,17H,6,11-16H2,1-4H3,(H,24,29). The highest BCUT2D eigenvalue weighted by Crippen LogP contribution is 2.25. The predicted octanol–water partition coefficient (Wildman–Crippen LogP) is 2.71. The number of carbonyl (C=O) groups excluding carboxylic acids is 1. The number of aryl methyl sites for hydroxylation is 1. The van der Waals surface area contributed by atoms with Gasteiger partial charge in [0.1, 0.15) is 5.82 Å². The van der Waals surface area contributed by atoms with Gasteiger partial charge in [-0.1, -0.05) is 12.1 Å². The van der Waals surface area contributed by atoms with E-state index in [1.54, 1.807) is 6.20 Å². The summed E-state index contributed by atoms with van der Waals surface area (Å²) >= 11 is 0. The number of pyridine rings is 1. The Bertz CT molecular complexity index is 811. The van der Waals surface area contributed by atoms with Crippen molar-refractivity contribution in [2.75, 3.05) is 63.2 Å². The van der Waals surface area contributed by atoms with Crippen molar-refractivity contribution in [3.05, 3.63) is 53.2 Å². The van der Waals surface area contributed by atoms with Gasteiger partial charge in [0.05, 0.1) is 5.56 Å². The fraction of sp³-hybridized carbons (Fsp3) is 0.478. The molecule has 0 atom stereocenters. The van der Waals surface area contributed by atoms with Crippen molar-refractivity contribution in [1.82, 2.24) is 15.2 Å². The molecule has 6 heteroatoms. The molecule has 1 aliphatic heterocycles. The molecule has 2 heterocycles. The predicted molar refractivity (Wildman–Crippen MR) is 120 cm³/mol. The van der Waals surface area contributed by atoms with E-state index in [2.05, 4.69) is 57.0 Å². The van der Waals surface area contributed by atoms with Crippen LogP contribution in [0.25, 0.3) is 0 Å². The van der Waals surface area contributed by atoms with Crippen LogP contribution < -0.4 is 15.1 Å². The first kappa shape index (κ1) is 21.1. The van der Waals surface area contributed by atoms with E-state index in [-0.39, 0.29) is 5.91 Å². The average Bonchev–Trinajstić information content (AvgIpc) is 2.73. The largest absolute Gasteiger partial charge is 0.368 e. The topological polar surface area (TPSA) is 51.7 Å². The number of carbonyl (C=O) groups is 1. The molecule has 1 amide bonds. The molecule has 29 heavy (non-hydrogen) atoms. The Hall–Kier alpha value is -2.60. The zero-order chi connectivity index (χ0) is 20.8. The minimum absolute atomic E-state index is 0.0532. The van der Waals surface area contributed by atoms with Crippen molar-refractivity contribution in [2.24, 2.45) is 0 Å². The van der Waals surface area contributed by atoms with E-state index in [1.807, 2.05) is 26.2 Å². The molecular formula is C23H33N5O. The fourth-order valence-corrected chi connectivity index (χ4v) is 3.66. The third-order valence-corrected chi connectivity index (χ3v) is 5.60. The lowest BCUT2D eigenvalue weighted by Crippen LogP contribution is -2.47. The summed E-state index contributed by atoms with van der Waals surface area (Å²) in [4.78, 5) is 23.7. The van der Waals surface area contributed by atoms with E-state index >= 15 is 0 Å². The first-order valence-corrected chi connectivity index (χ1v) is 10.4. The molecule has 0 bridgehead atoms. The molecule has 0 aliphatic carbocycles. The van der Waals surface area contributed by atoms with Gasteiger partial charge >= 0.3 is 0 Å². The second kappa shape index (κ2) is 9.74. The highest BCUT2D eigenvalue weighted by atomic mass is 16.1. The smallest absolute Gasteiger partial charge is 0.252 e. The van der Waals surface area contributed by atoms with Crippen LogP contribution in [0.2, 0.25) is 0 Å². The summed E-state index contributed by atoms with van der Waals surface area (Å²) in [6.07, 6.45) is 2.63. The van der Waals surface area contributed by atoms with Crippen LogP contribution in [0.5, 0.6) is 0 Å². The van der Waals surface area contributed by atoms with Gasteiger partial charge in [-0.2, -0.15) is 0 Å². The number of amides is 1. The molecule has 1 saturated heterocycles. The van der Waals surface area contributed by atoms with E-state index in [1.165, 1.54) is 16.8 Å². The van der Waals surface area contributed by atoms with Crippen LogP contribution in [0.1, 0.15) is 27.9 Å². The maximum absolute atomic E-state index is 12.3. The number of piperazine rings is 1. The number of anilines is 2. The minimum atomic E-state index is -0.0532. The van der Waals surface area contributed by atoms with Crippen LogP contribution >= 0.6 is 0 Å². The van der Waals surface area contributed by atoms with Gasteiger partial charge in [-0.05, 0) is 70.2 Å². The number of hydrogen-bond donors (Lipinski definition) is 1. The molecule has 156 valence electrons. The Morgan fingerprint density at radius 3 is 2.45 bits per heavy atom. The first-order valence-electron chi connectivity index (χ1n) is 10.4. The molecule has 0 saturated carbocycles. The highest BCUT2D eigenvalue weighted by Gasteiger charge is 2.20. The molecule has 0 unspecified atom stereocenters. The Balaban J connectivity index is 1.52. The SMILES string of the molecule is Cc1cccc(N2CCN(c3ccc(C(=O)NCCCN(C)C)cn3)CC2)c1C. The van der Waals surface area contributed by atoms with Crippen LogP contribution in [-0.2, 0) is 0 Å². The monoisotopic (exact) mass is 395 g/mol. The van der Waals surface area contributed by atoms with Crippen molar-refractivity contribution in [2.45, 2.75) is 20.3 Å². The Labute approximate surface area is 174 Å². The molecule has 1 fully saturated rings. The van der Waals surface area contributed by atoms with Crippen LogP contribution in [0.15, 0.2) is 36.5 Å². The summed E-state index contributed by atoms with van der Waals surface area (Å²) < 4.78 is 0. The van der Waals surface area contributed by atoms with Crippen LogP contribution in [0, 0.1) is 13.8 Å². The Morgan fingerprint density at radius 1 is 1.07 bits per heavy atom. The lowest BCUT2D eigenvalue weighted by atomic mass is 10.1. The summed E-state index contributed by atoms with van der Waals surface area (Å²) in [6, 6.07) is 10.3. The van der Waals surface area contributed by atoms with E-state index in [4.69, 9.17) is 0 Å². The molecule has 0 radical (unpaired) electrons. The number of benzene rings is 1. The summed E-state index contributed by atoms with van der Waals surface area (Å²) in [5.74, 6) is 0.886. The lowest BCUT2D eigenvalue weighted by Gasteiger charge is -2.37. The van der Waals surface area contributed by atoms with Gasteiger partial charge in [0.25, 0.3) is 5.91 Å². The van der Waals surface area contributed by atoms with E-state index in [0.29, 0.717) is 12.1 Å². The highest BCUT2D eigenvalue weighted by molar-refractivity contribution is 5.94. The number of hydrogen-bond acceptors (Lipinski definition) is 5. The maximum Gasteiger partial charge on any atom is 0.252 e. The molecule has 1 aliphatic rings. The van der Waals surface area contributed by atoms with Crippen LogP contribution in [0.4, 0.5) is 11.5 Å². The van der Waals surface area contributed by atoms with Crippen molar-refractivity contribution < 1.29 is 4.79 Å². The third-order valence-electron chi connectivity index (χ3n) is 5.60. The van der Waals surface area contributed by atoms with Gasteiger partial charge in [0, 0.05) is 44.6 Å². The van der Waals surface area contributed by atoms with Crippen LogP contribution in [-0.4, -0.2) is 69.2 Å². The fourth-order valence-electron chi connectivity index (χ4n) is 3.66. The van der Waals surface area contributed by atoms with Gasteiger partial charge < -0.3 is 20.0 Å². The second-order valence-corrected chi connectivity index (χ2v) is 8.01. The van der Waals surface area contributed by atoms with Gasteiger partial charge in [-0.25, -0.2) is 4.98 Å². The summed E-state index contributed by atoms with van der Waals surface area (Å²) in [5, 5.41) is 2.96. The minimum Gasteiger partial charge on any atom is -0.368 e. The molecule has 3 rings (SSSR count). The molecule has 1 aromatic carbocycles. The van der Waals surface area contributed by atoms with E-state index < -0.39 is 0 Å². The zero-order valence-electron chi connectivity index (χ0n) is 18.1. The van der Waals surface area contributed by atoms with Crippen molar-refractivity contribution >= 4 is 17.4 Å². The molecule has 1 aromatic heterocycles. The summed E-state index contributed by atoms with van der Waals surface area (Å²) in [6.45, 7) is 9.81. The number of nitrogens with zero attached hydrogens (tertiary/aromatic N) is 4. The quantitative estimate of drug-likeness (QED) is 0.731. The second-order valence-electron chi connectivity index (χ2n) is 8.01. The first-order chi connectivity index (χ1) is 14.0.